The summed E-state index contributed by atoms with van der Waals surface area (Å²) in [5, 5.41) is 9.12. The number of thiophene rings is 1. The number of carboxylic acid groups (broad SMARTS) is 1. The molecule has 3 rings (SSSR count). The predicted octanol–water partition coefficient (Wildman–Crippen LogP) is 2.93. The van der Waals surface area contributed by atoms with Crippen molar-refractivity contribution in [3.05, 3.63) is 21.4 Å². The average Bonchev–Trinajstić information content (AvgIpc) is 2.98. The molecule has 1 aromatic rings. The van der Waals surface area contributed by atoms with Crippen LogP contribution in [0.4, 0.5) is 0 Å². The van der Waals surface area contributed by atoms with Crippen LogP contribution in [0.3, 0.4) is 0 Å². The van der Waals surface area contributed by atoms with Crippen LogP contribution in [0.5, 0.6) is 0 Å². The molecule has 0 aromatic carbocycles. The van der Waals surface area contributed by atoms with Gasteiger partial charge in [-0.05, 0) is 37.8 Å². The van der Waals surface area contributed by atoms with Crippen LogP contribution in [-0.4, -0.2) is 47.2 Å². The van der Waals surface area contributed by atoms with E-state index >= 15 is 0 Å². The van der Waals surface area contributed by atoms with Gasteiger partial charge in [-0.3, -0.25) is 4.79 Å². The molecule has 6 heteroatoms. The van der Waals surface area contributed by atoms with Gasteiger partial charge in [0.05, 0.1) is 17.0 Å². The highest BCUT2D eigenvalue weighted by Gasteiger charge is 2.41. The fraction of sp³-hybridized carbons (Fsp3) is 0.625. The summed E-state index contributed by atoms with van der Waals surface area (Å²) < 4.78 is 6.05. The van der Waals surface area contributed by atoms with Gasteiger partial charge in [-0.2, -0.15) is 0 Å². The van der Waals surface area contributed by atoms with Crippen molar-refractivity contribution in [2.24, 2.45) is 0 Å². The number of ether oxygens (including phenoxy) is 1. The summed E-state index contributed by atoms with van der Waals surface area (Å²) in [6.07, 6.45) is 5.35. The predicted molar refractivity (Wildman–Crippen MR) is 83.7 cm³/mol. The Morgan fingerprint density at radius 2 is 2.14 bits per heavy atom. The second-order valence-electron chi connectivity index (χ2n) is 6.25. The molecular weight excluding hydrogens is 302 g/mol. The molecule has 22 heavy (non-hydrogen) atoms. The third-order valence-corrected chi connectivity index (χ3v) is 5.82. The largest absolute Gasteiger partial charge is 0.477 e. The molecule has 2 aliphatic heterocycles. The van der Waals surface area contributed by atoms with Crippen LogP contribution >= 0.6 is 11.3 Å². The highest BCUT2D eigenvalue weighted by atomic mass is 32.1. The van der Waals surface area contributed by atoms with Crippen LogP contribution < -0.4 is 0 Å². The number of rotatable bonds is 2. The van der Waals surface area contributed by atoms with Crippen LogP contribution in [0.2, 0.25) is 0 Å². The van der Waals surface area contributed by atoms with E-state index < -0.39 is 5.97 Å². The van der Waals surface area contributed by atoms with Gasteiger partial charge in [0.25, 0.3) is 5.91 Å². The lowest BCUT2D eigenvalue weighted by Gasteiger charge is -2.27. The van der Waals surface area contributed by atoms with E-state index in [0.29, 0.717) is 23.5 Å². The number of carbonyl (C=O) groups is 2. The smallest absolute Gasteiger partial charge is 0.346 e. The standard InChI is InChI=1S/C16H21NO4S/c1-11-9-12(22-13(11)15(19)20)14(18)17-7-6-16(10-17)5-3-2-4-8-21-16/h9H,2-8,10H2,1H3,(H,19,20). The maximum Gasteiger partial charge on any atom is 0.346 e. The Kier molecular flexibility index (Phi) is 4.23. The molecule has 0 saturated carbocycles. The summed E-state index contributed by atoms with van der Waals surface area (Å²) in [6.45, 7) is 3.84. The highest BCUT2D eigenvalue weighted by molar-refractivity contribution is 7.16. The minimum atomic E-state index is -0.966. The van der Waals surface area contributed by atoms with E-state index in [-0.39, 0.29) is 16.4 Å². The summed E-state index contributed by atoms with van der Waals surface area (Å²) in [5.41, 5.74) is 0.481. The molecule has 2 saturated heterocycles. The molecule has 1 spiro atoms. The average molecular weight is 323 g/mol. The zero-order chi connectivity index (χ0) is 15.7. The van der Waals surface area contributed by atoms with Gasteiger partial charge in [0.2, 0.25) is 0 Å². The third kappa shape index (κ3) is 2.90. The van der Waals surface area contributed by atoms with E-state index in [1.165, 1.54) is 6.42 Å². The van der Waals surface area contributed by atoms with Crippen molar-refractivity contribution >= 4 is 23.2 Å². The molecule has 2 aliphatic rings. The quantitative estimate of drug-likeness (QED) is 0.909. The Labute approximate surface area is 133 Å². The molecule has 5 nitrogen and oxygen atoms in total. The molecule has 1 atom stereocenters. The SMILES string of the molecule is Cc1cc(C(=O)N2CCC3(CCCCCO3)C2)sc1C(=O)O. The zero-order valence-electron chi connectivity index (χ0n) is 12.8. The van der Waals surface area contributed by atoms with Crippen molar-refractivity contribution in [1.82, 2.24) is 4.90 Å². The summed E-state index contributed by atoms with van der Waals surface area (Å²) in [7, 11) is 0. The molecular formula is C16H21NO4S. The topological polar surface area (TPSA) is 66.8 Å². The number of carbonyl (C=O) groups excluding carboxylic acids is 1. The summed E-state index contributed by atoms with van der Waals surface area (Å²) in [5.74, 6) is -1.03. The first-order chi connectivity index (χ1) is 10.5. The Morgan fingerprint density at radius 1 is 1.32 bits per heavy atom. The molecule has 1 N–H and O–H groups in total. The van der Waals surface area contributed by atoms with Crippen LogP contribution in [0.25, 0.3) is 0 Å². The number of hydrogen-bond donors (Lipinski definition) is 1. The van der Waals surface area contributed by atoms with Crippen LogP contribution in [0, 0.1) is 6.92 Å². The Morgan fingerprint density at radius 3 is 2.86 bits per heavy atom. The lowest BCUT2D eigenvalue weighted by atomic mass is 9.96. The summed E-state index contributed by atoms with van der Waals surface area (Å²) in [6, 6.07) is 1.69. The van der Waals surface area contributed by atoms with Crippen LogP contribution in [0.1, 0.15) is 57.0 Å². The Balaban J connectivity index is 1.73. The number of hydrogen-bond acceptors (Lipinski definition) is 4. The van der Waals surface area contributed by atoms with E-state index in [1.807, 2.05) is 4.90 Å². The maximum absolute atomic E-state index is 12.6. The lowest BCUT2D eigenvalue weighted by molar-refractivity contribution is -0.0327. The fourth-order valence-corrected chi connectivity index (χ4v) is 4.36. The van der Waals surface area contributed by atoms with Crippen molar-refractivity contribution in [1.29, 1.82) is 0 Å². The van der Waals surface area contributed by atoms with Gasteiger partial charge in [-0.25, -0.2) is 4.79 Å². The molecule has 1 amide bonds. The van der Waals surface area contributed by atoms with E-state index in [4.69, 9.17) is 9.84 Å². The summed E-state index contributed by atoms with van der Waals surface area (Å²) in [4.78, 5) is 26.3. The second kappa shape index (κ2) is 6.01. The van der Waals surface area contributed by atoms with Crippen molar-refractivity contribution in [3.63, 3.8) is 0 Å². The normalized spacial score (nSPS) is 25.4. The Bertz CT molecular complexity index is 587. The minimum absolute atomic E-state index is 0.0645. The van der Waals surface area contributed by atoms with Gasteiger partial charge in [0.1, 0.15) is 4.88 Å². The monoisotopic (exact) mass is 323 g/mol. The van der Waals surface area contributed by atoms with Gasteiger partial charge in [-0.1, -0.05) is 12.8 Å². The van der Waals surface area contributed by atoms with Gasteiger partial charge in [0.15, 0.2) is 0 Å². The molecule has 0 bridgehead atoms. The first-order valence-corrected chi connectivity index (χ1v) is 8.59. The van der Waals surface area contributed by atoms with Crippen LogP contribution in [-0.2, 0) is 4.74 Å². The molecule has 1 aromatic heterocycles. The highest BCUT2D eigenvalue weighted by Crippen LogP contribution is 2.35. The number of aromatic carboxylic acids is 1. The van der Waals surface area contributed by atoms with E-state index in [9.17, 15) is 9.59 Å². The first kappa shape index (κ1) is 15.5. The number of amides is 1. The lowest BCUT2D eigenvalue weighted by Crippen LogP contribution is -2.37. The van der Waals surface area contributed by atoms with Gasteiger partial charge in [-0.15, -0.1) is 11.3 Å². The van der Waals surface area contributed by atoms with Crippen molar-refractivity contribution in [3.8, 4) is 0 Å². The van der Waals surface area contributed by atoms with E-state index in [0.717, 1.165) is 43.6 Å². The maximum atomic E-state index is 12.6. The van der Waals surface area contributed by atoms with Gasteiger partial charge in [0, 0.05) is 13.2 Å². The molecule has 3 heterocycles. The molecule has 2 fully saturated rings. The van der Waals surface area contributed by atoms with E-state index in [1.54, 1.807) is 13.0 Å². The summed E-state index contributed by atoms with van der Waals surface area (Å²) >= 11 is 1.07. The van der Waals surface area contributed by atoms with Crippen LogP contribution in [0.15, 0.2) is 6.07 Å². The third-order valence-electron chi connectivity index (χ3n) is 4.61. The molecule has 0 radical (unpaired) electrons. The van der Waals surface area contributed by atoms with Crippen molar-refractivity contribution < 1.29 is 19.4 Å². The molecule has 1 unspecified atom stereocenters. The zero-order valence-corrected chi connectivity index (χ0v) is 13.6. The van der Waals surface area contributed by atoms with Crippen molar-refractivity contribution in [2.75, 3.05) is 19.7 Å². The van der Waals surface area contributed by atoms with Gasteiger partial charge >= 0.3 is 5.97 Å². The van der Waals surface area contributed by atoms with Gasteiger partial charge < -0.3 is 14.7 Å². The van der Waals surface area contributed by atoms with E-state index in [2.05, 4.69) is 0 Å². The molecule has 120 valence electrons. The first-order valence-electron chi connectivity index (χ1n) is 7.78. The number of likely N-dealkylation sites (tertiary alicyclic amines) is 1. The Hall–Kier alpha value is -1.40. The number of nitrogens with zero attached hydrogens (tertiary/aromatic N) is 1. The second-order valence-corrected chi connectivity index (χ2v) is 7.30. The van der Waals surface area contributed by atoms with Crippen molar-refractivity contribution in [2.45, 2.75) is 44.6 Å². The number of aryl methyl sites for hydroxylation is 1. The minimum Gasteiger partial charge on any atom is -0.477 e. The molecule has 0 aliphatic carbocycles. The number of carboxylic acids is 1. The fourth-order valence-electron chi connectivity index (χ4n) is 3.38.